The first-order valence-electron chi connectivity index (χ1n) is 10.8. The Bertz CT molecular complexity index is 760. The fourth-order valence-corrected chi connectivity index (χ4v) is 7.38. The monoisotopic (exact) mass is 347 g/mol. The van der Waals surface area contributed by atoms with Crippen molar-refractivity contribution in [3.8, 4) is 0 Å². The van der Waals surface area contributed by atoms with E-state index in [1.165, 1.54) is 50.5 Å². The van der Waals surface area contributed by atoms with Crippen molar-refractivity contribution < 1.29 is 0 Å². The topological polar surface area (TPSA) is 12.9 Å². The maximum absolute atomic E-state index is 4.40. The summed E-state index contributed by atoms with van der Waals surface area (Å²) in [5, 5.41) is 0. The van der Waals surface area contributed by atoms with Crippen molar-refractivity contribution in [1.29, 1.82) is 0 Å². The maximum atomic E-state index is 4.40. The Labute approximate surface area is 159 Å². The Kier molecular flexibility index (Phi) is 3.75. The molecule has 5 unspecified atom stereocenters. The highest BCUT2D eigenvalue weighted by atomic mass is 14.6. The Morgan fingerprint density at radius 3 is 2.65 bits per heavy atom. The van der Waals surface area contributed by atoms with Gasteiger partial charge >= 0.3 is 0 Å². The van der Waals surface area contributed by atoms with Gasteiger partial charge in [0.1, 0.15) is 0 Å². The number of hydrogen-bond donors (Lipinski definition) is 0. The lowest BCUT2D eigenvalue weighted by Gasteiger charge is -2.58. The van der Waals surface area contributed by atoms with Crippen LogP contribution in [0.3, 0.4) is 0 Å². The van der Waals surface area contributed by atoms with Crippen LogP contribution < -0.4 is 0 Å². The standard InChI is InChI=1S/C25H33N/c1-17-10-12-24(2)19(15-17)6-7-20-22-9-8-21(18-5-4-14-26-16-18)25(22,3)13-11-23(20)24/h4-6,8,14,16-17,20,22-23H,7,9-13,15H2,1-3H3/t17?,20-,22?,23?,24?,25?/m0/s1. The van der Waals surface area contributed by atoms with Crippen molar-refractivity contribution >= 4 is 5.57 Å². The average Bonchev–Trinajstić information content (AvgIpc) is 3.00. The van der Waals surface area contributed by atoms with E-state index in [4.69, 9.17) is 0 Å². The molecule has 2 saturated carbocycles. The first-order chi connectivity index (χ1) is 12.5. The molecule has 1 aromatic rings. The van der Waals surface area contributed by atoms with Crippen molar-refractivity contribution in [1.82, 2.24) is 4.98 Å². The minimum atomic E-state index is 0.355. The molecule has 0 radical (unpaired) electrons. The summed E-state index contributed by atoms with van der Waals surface area (Å²) in [6, 6.07) is 4.36. The summed E-state index contributed by atoms with van der Waals surface area (Å²) in [5.41, 5.74) is 5.62. The summed E-state index contributed by atoms with van der Waals surface area (Å²) < 4.78 is 0. The summed E-state index contributed by atoms with van der Waals surface area (Å²) in [4.78, 5) is 4.40. The number of pyridine rings is 1. The zero-order chi connectivity index (χ0) is 17.9. The molecule has 1 aromatic heterocycles. The van der Waals surface area contributed by atoms with Crippen molar-refractivity contribution in [3.05, 3.63) is 47.8 Å². The number of allylic oxidation sites excluding steroid dienone is 4. The summed E-state index contributed by atoms with van der Waals surface area (Å²) >= 11 is 0. The number of fused-ring (bicyclic) bond motifs is 5. The number of hydrogen-bond acceptors (Lipinski definition) is 1. The van der Waals surface area contributed by atoms with E-state index in [-0.39, 0.29) is 0 Å². The lowest BCUT2D eigenvalue weighted by atomic mass is 9.47. The van der Waals surface area contributed by atoms with Crippen molar-refractivity contribution in [2.45, 2.75) is 65.7 Å². The van der Waals surface area contributed by atoms with Gasteiger partial charge in [0, 0.05) is 12.4 Å². The van der Waals surface area contributed by atoms with Crippen LogP contribution in [-0.4, -0.2) is 4.98 Å². The van der Waals surface area contributed by atoms with Crippen LogP contribution in [0, 0.1) is 34.5 Å². The van der Waals surface area contributed by atoms with Gasteiger partial charge in [0.15, 0.2) is 0 Å². The molecular weight excluding hydrogens is 314 g/mol. The van der Waals surface area contributed by atoms with Crippen molar-refractivity contribution in [2.75, 3.05) is 0 Å². The van der Waals surface area contributed by atoms with Gasteiger partial charge in [-0.1, -0.05) is 44.6 Å². The molecule has 4 aliphatic rings. The first-order valence-corrected chi connectivity index (χ1v) is 10.8. The van der Waals surface area contributed by atoms with Crippen LogP contribution in [-0.2, 0) is 0 Å². The molecule has 0 spiro atoms. The molecule has 0 aliphatic heterocycles. The highest BCUT2D eigenvalue weighted by molar-refractivity contribution is 5.72. The summed E-state index contributed by atoms with van der Waals surface area (Å²) in [6.07, 6.45) is 18.8. The van der Waals surface area contributed by atoms with Gasteiger partial charge in [-0.15, -0.1) is 0 Å². The summed E-state index contributed by atoms with van der Waals surface area (Å²) in [7, 11) is 0. The van der Waals surface area contributed by atoms with Gasteiger partial charge in [-0.3, -0.25) is 4.98 Å². The fourth-order valence-electron chi connectivity index (χ4n) is 7.38. The second kappa shape index (κ2) is 5.81. The molecule has 4 aliphatic carbocycles. The van der Waals surface area contributed by atoms with E-state index in [1.807, 2.05) is 11.8 Å². The molecule has 1 nitrogen and oxygen atoms in total. The van der Waals surface area contributed by atoms with Gasteiger partial charge in [-0.05, 0) is 96.7 Å². The molecule has 0 N–H and O–H groups in total. The number of rotatable bonds is 1. The summed E-state index contributed by atoms with van der Waals surface area (Å²) in [6.45, 7) is 7.63. The molecule has 6 atom stereocenters. The minimum absolute atomic E-state index is 0.355. The normalized spacial score (nSPS) is 44.4. The third kappa shape index (κ3) is 2.25. The molecule has 0 amide bonds. The second-order valence-corrected chi connectivity index (χ2v) is 10.2. The third-order valence-corrected chi connectivity index (χ3v) is 8.90. The van der Waals surface area contributed by atoms with Crippen LogP contribution in [0.15, 0.2) is 42.3 Å². The van der Waals surface area contributed by atoms with Crippen LogP contribution in [0.25, 0.3) is 5.57 Å². The van der Waals surface area contributed by atoms with Gasteiger partial charge in [-0.2, -0.15) is 0 Å². The molecule has 0 bridgehead atoms. The predicted octanol–water partition coefficient (Wildman–Crippen LogP) is 6.67. The van der Waals surface area contributed by atoms with E-state index < -0.39 is 0 Å². The molecule has 26 heavy (non-hydrogen) atoms. The van der Waals surface area contributed by atoms with Gasteiger partial charge in [0.25, 0.3) is 0 Å². The molecule has 2 fully saturated rings. The zero-order valence-electron chi connectivity index (χ0n) is 16.7. The predicted molar refractivity (Wildman–Crippen MR) is 108 cm³/mol. The van der Waals surface area contributed by atoms with E-state index in [0.717, 1.165) is 23.7 Å². The highest BCUT2D eigenvalue weighted by Gasteiger charge is 2.56. The fraction of sp³-hybridized carbons (Fsp3) is 0.640. The molecular formula is C25H33N. The lowest BCUT2D eigenvalue weighted by Crippen LogP contribution is -2.49. The van der Waals surface area contributed by atoms with Gasteiger partial charge in [0.05, 0.1) is 0 Å². The smallest absolute Gasteiger partial charge is 0.0343 e. The highest BCUT2D eigenvalue weighted by Crippen LogP contribution is 2.66. The zero-order valence-corrected chi connectivity index (χ0v) is 16.7. The minimum Gasteiger partial charge on any atom is -0.264 e. The molecule has 5 rings (SSSR count). The van der Waals surface area contributed by atoms with Crippen LogP contribution in [0.1, 0.15) is 71.3 Å². The van der Waals surface area contributed by atoms with E-state index >= 15 is 0 Å². The Balaban J connectivity index is 1.48. The van der Waals surface area contributed by atoms with Gasteiger partial charge in [-0.25, -0.2) is 0 Å². The Morgan fingerprint density at radius 2 is 1.85 bits per heavy atom. The van der Waals surface area contributed by atoms with Crippen molar-refractivity contribution in [3.63, 3.8) is 0 Å². The lowest BCUT2D eigenvalue weighted by molar-refractivity contribution is -0.0137. The van der Waals surface area contributed by atoms with Gasteiger partial charge in [0.2, 0.25) is 0 Å². The summed E-state index contributed by atoms with van der Waals surface area (Å²) in [5.74, 6) is 3.51. The third-order valence-electron chi connectivity index (χ3n) is 8.90. The first kappa shape index (κ1) is 16.8. The van der Waals surface area contributed by atoms with Crippen LogP contribution in [0.5, 0.6) is 0 Å². The second-order valence-electron chi connectivity index (χ2n) is 10.2. The Morgan fingerprint density at radius 1 is 1.00 bits per heavy atom. The quantitative estimate of drug-likeness (QED) is 0.517. The molecule has 0 saturated heterocycles. The maximum Gasteiger partial charge on any atom is 0.0343 e. The molecule has 138 valence electrons. The molecule has 0 aromatic carbocycles. The van der Waals surface area contributed by atoms with Crippen LogP contribution >= 0.6 is 0 Å². The molecule has 1 heteroatoms. The van der Waals surface area contributed by atoms with E-state index in [9.17, 15) is 0 Å². The van der Waals surface area contributed by atoms with Crippen LogP contribution in [0.4, 0.5) is 0 Å². The average molecular weight is 348 g/mol. The van der Waals surface area contributed by atoms with Gasteiger partial charge < -0.3 is 0 Å². The SMILES string of the molecule is CC1CCC2(C)C(=CC[C@@H]3C2CCC2(C)C(c4cccnc4)=CCC32)C1. The van der Waals surface area contributed by atoms with E-state index in [2.05, 4.69) is 56.2 Å². The van der Waals surface area contributed by atoms with E-state index in [1.54, 1.807) is 5.57 Å². The number of nitrogens with zero attached hydrogens (tertiary/aromatic N) is 1. The molecule has 1 heterocycles. The number of aromatic nitrogens is 1. The largest absolute Gasteiger partial charge is 0.264 e. The van der Waals surface area contributed by atoms with Crippen LogP contribution in [0.2, 0.25) is 0 Å². The Hall–Kier alpha value is -1.37. The van der Waals surface area contributed by atoms with E-state index in [0.29, 0.717) is 10.8 Å². The van der Waals surface area contributed by atoms with Crippen molar-refractivity contribution in [2.24, 2.45) is 34.5 Å².